The van der Waals surface area contributed by atoms with Crippen molar-refractivity contribution in [1.29, 1.82) is 0 Å². The molecule has 1 saturated carbocycles. The Morgan fingerprint density at radius 3 is 2.71 bits per heavy atom. The Bertz CT molecular complexity index is 520. The monoisotopic (exact) mass is 336 g/mol. The summed E-state index contributed by atoms with van der Waals surface area (Å²) in [5.74, 6) is 0. The van der Waals surface area contributed by atoms with Crippen molar-refractivity contribution in [3.63, 3.8) is 0 Å². The number of ether oxygens (including phenoxy) is 1. The third-order valence-corrected chi connectivity index (χ3v) is 3.62. The van der Waals surface area contributed by atoms with Crippen LogP contribution < -0.4 is 5.32 Å². The van der Waals surface area contributed by atoms with Gasteiger partial charge in [-0.25, -0.2) is 4.79 Å². The first-order valence-corrected chi connectivity index (χ1v) is 8.02. The molecule has 0 aromatic rings. The van der Waals surface area contributed by atoms with Crippen molar-refractivity contribution in [3.8, 4) is 0 Å². The summed E-state index contributed by atoms with van der Waals surface area (Å²) in [4.78, 5) is 24.5. The van der Waals surface area contributed by atoms with Crippen LogP contribution in [0.1, 0.15) is 33.6 Å². The number of allylic oxidation sites excluding steroid dienone is 2. The minimum Gasteiger partial charge on any atom is -0.444 e. The molecular weight excluding hydrogens is 308 g/mol. The lowest BCUT2D eigenvalue weighted by Crippen LogP contribution is -2.47. The summed E-state index contributed by atoms with van der Waals surface area (Å²) in [6.45, 7) is 13.3. The van der Waals surface area contributed by atoms with Gasteiger partial charge < -0.3 is 20.1 Å². The number of carbonyl (C=O) groups excluding carboxylic acids is 2. The standard InChI is InChI=1S/C18H28N2O4/c1-6-7-14-9-15(8-13(14)2)20(11-16(22)10-19-12-21)17(23)24-18(3,4)5/h6-7,12,15-16,22H,1-2,8-11H2,3-5H3,(H,19,21)/b14-7-. The zero-order chi connectivity index (χ0) is 18.3. The lowest BCUT2D eigenvalue weighted by atomic mass is 10.1. The number of amides is 2. The van der Waals surface area contributed by atoms with Crippen molar-refractivity contribution in [2.24, 2.45) is 0 Å². The highest BCUT2D eigenvalue weighted by Crippen LogP contribution is 2.33. The lowest BCUT2D eigenvalue weighted by molar-refractivity contribution is -0.110. The highest BCUT2D eigenvalue weighted by Gasteiger charge is 2.34. The van der Waals surface area contributed by atoms with Gasteiger partial charge in [-0.05, 0) is 44.8 Å². The highest BCUT2D eigenvalue weighted by molar-refractivity contribution is 5.69. The molecular formula is C18H28N2O4. The molecule has 0 saturated heterocycles. The molecule has 1 fully saturated rings. The molecule has 0 aliphatic heterocycles. The van der Waals surface area contributed by atoms with Crippen molar-refractivity contribution in [1.82, 2.24) is 10.2 Å². The fraction of sp³-hybridized carbons (Fsp3) is 0.556. The number of aliphatic hydroxyl groups excluding tert-OH is 1. The Balaban J connectivity index is 2.90. The van der Waals surface area contributed by atoms with E-state index in [0.29, 0.717) is 19.3 Å². The van der Waals surface area contributed by atoms with Gasteiger partial charge in [0, 0.05) is 12.6 Å². The minimum atomic E-state index is -0.872. The van der Waals surface area contributed by atoms with Gasteiger partial charge in [0.05, 0.1) is 12.6 Å². The van der Waals surface area contributed by atoms with Gasteiger partial charge in [0.2, 0.25) is 6.41 Å². The number of aliphatic hydroxyl groups is 1. The maximum absolute atomic E-state index is 12.6. The molecule has 2 unspecified atom stereocenters. The van der Waals surface area contributed by atoms with Crippen LogP contribution in [0.4, 0.5) is 4.79 Å². The van der Waals surface area contributed by atoms with Gasteiger partial charge in [-0.2, -0.15) is 0 Å². The molecule has 6 nitrogen and oxygen atoms in total. The lowest BCUT2D eigenvalue weighted by Gasteiger charge is -2.32. The normalized spacial score (nSPS) is 20.6. The molecule has 0 radical (unpaired) electrons. The zero-order valence-electron chi connectivity index (χ0n) is 14.7. The summed E-state index contributed by atoms with van der Waals surface area (Å²) < 4.78 is 5.46. The number of nitrogens with one attached hydrogen (secondary N) is 1. The Hall–Kier alpha value is -2.08. The van der Waals surface area contributed by atoms with E-state index in [2.05, 4.69) is 18.5 Å². The van der Waals surface area contributed by atoms with Gasteiger partial charge >= 0.3 is 6.09 Å². The Morgan fingerprint density at radius 2 is 2.17 bits per heavy atom. The van der Waals surface area contributed by atoms with Gasteiger partial charge in [0.15, 0.2) is 0 Å². The molecule has 6 heteroatoms. The highest BCUT2D eigenvalue weighted by atomic mass is 16.6. The number of hydrogen-bond acceptors (Lipinski definition) is 4. The molecule has 2 N–H and O–H groups in total. The number of hydrogen-bond donors (Lipinski definition) is 2. The van der Waals surface area contributed by atoms with E-state index in [1.165, 1.54) is 4.90 Å². The minimum absolute atomic E-state index is 0.0752. The maximum atomic E-state index is 12.6. The van der Waals surface area contributed by atoms with Crippen LogP contribution in [0.5, 0.6) is 0 Å². The van der Waals surface area contributed by atoms with E-state index in [0.717, 1.165) is 11.1 Å². The van der Waals surface area contributed by atoms with Crippen LogP contribution in [0.2, 0.25) is 0 Å². The third-order valence-electron chi connectivity index (χ3n) is 3.62. The molecule has 0 aromatic heterocycles. The topological polar surface area (TPSA) is 78.9 Å². The van der Waals surface area contributed by atoms with Crippen LogP contribution in [-0.4, -0.2) is 53.3 Å². The number of rotatable bonds is 7. The van der Waals surface area contributed by atoms with Crippen LogP contribution in [0.25, 0.3) is 0 Å². The van der Waals surface area contributed by atoms with Crippen LogP contribution >= 0.6 is 0 Å². The van der Waals surface area contributed by atoms with E-state index in [-0.39, 0.29) is 19.1 Å². The molecule has 2 amide bonds. The third kappa shape index (κ3) is 6.20. The van der Waals surface area contributed by atoms with Crippen molar-refractivity contribution >= 4 is 12.5 Å². The smallest absolute Gasteiger partial charge is 0.410 e. The molecule has 24 heavy (non-hydrogen) atoms. The van der Waals surface area contributed by atoms with Gasteiger partial charge in [-0.3, -0.25) is 4.79 Å². The fourth-order valence-corrected chi connectivity index (χ4v) is 2.60. The summed E-state index contributed by atoms with van der Waals surface area (Å²) in [6, 6.07) is -0.135. The van der Waals surface area contributed by atoms with Gasteiger partial charge in [0.1, 0.15) is 5.60 Å². The largest absolute Gasteiger partial charge is 0.444 e. The van der Waals surface area contributed by atoms with E-state index in [4.69, 9.17) is 4.74 Å². The predicted octanol–water partition coefficient (Wildman–Crippen LogP) is 2.16. The van der Waals surface area contributed by atoms with E-state index in [1.54, 1.807) is 26.8 Å². The first-order valence-electron chi connectivity index (χ1n) is 8.02. The van der Waals surface area contributed by atoms with Gasteiger partial charge in [0.25, 0.3) is 0 Å². The Kier molecular flexibility index (Phi) is 7.22. The summed E-state index contributed by atoms with van der Waals surface area (Å²) in [6.07, 6.45) is 4.01. The fourth-order valence-electron chi connectivity index (χ4n) is 2.60. The summed E-state index contributed by atoms with van der Waals surface area (Å²) in [5.41, 5.74) is 1.37. The van der Waals surface area contributed by atoms with E-state index >= 15 is 0 Å². The second-order valence-electron chi connectivity index (χ2n) is 6.91. The Labute approximate surface area is 143 Å². The predicted molar refractivity (Wildman–Crippen MR) is 93.5 cm³/mol. The van der Waals surface area contributed by atoms with Crippen LogP contribution in [-0.2, 0) is 9.53 Å². The second-order valence-corrected chi connectivity index (χ2v) is 6.91. The summed E-state index contributed by atoms with van der Waals surface area (Å²) >= 11 is 0. The second kappa shape index (κ2) is 8.68. The van der Waals surface area contributed by atoms with Crippen LogP contribution in [0.3, 0.4) is 0 Å². The van der Waals surface area contributed by atoms with Gasteiger partial charge in [-0.15, -0.1) is 0 Å². The zero-order valence-corrected chi connectivity index (χ0v) is 14.7. The number of nitrogens with zero attached hydrogens (tertiary/aromatic N) is 1. The van der Waals surface area contributed by atoms with E-state index < -0.39 is 17.8 Å². The average molecular weight is 336 g/mol. The van der Waals surface area contributed by atoms with E-state index in [9.17, 15) is 14.7 Å². The summed E-state index contributed by atoms with van der Waals surface area (Å²) in [5, 5.41) is 12.5. The maximum Gasteiger partial charge on any atom is 0.410 e. The molecule has 134 valence electrons. The van der Waals surface area contributed by atoms with Crippen LogP contribution in [0.15, 0.2) is 36.5 Å². The molecule has 1 aliphatic carbocycles. The Morgan fingerprint density at radius 1 is 1.50 bits per heavy atom. The number of carbonyl (C=O) groups is 2. The average Bonchev–Trinajstić information content (AvgIpc) is 2.82. The molecule has 2 atom stereocenters. The van der Waals surface area contributed by atoms with Crippen molar-refractivity contribution in [3.05, 3.63) is 36.5 Å². The molecule has 0 heterocycles. The molecule has 0 spiro atoms. The van der Waals surface area contributed by atoms with Gasteiger partial charge in [-0.1, -0.05) is 25.3 Å². The molecule has 1 aliphatic rings. The van der Waals surface area contributed by atoms with Crippen molar-refractivity contribution < 1.29 is 19.4 Å². The first kappa shape index (κ1) is 20.0. The summed E-state index contributed by atoms with van der Waals surface area (Å²) in [7, 11) is 0. The molecule has 1 rings (SSSR count). The molecule has 0 aromatic carbocycles. The van der Waals surface area contributed by atoms with Crippen LogP contribution in [0, 0.1) is 0 Å². The van der Waals surface area contributed by atoms with Crippen molar-refractivity contribution in [2.45, 2.75) is 51.4 Å². The van der Waals surface area contributed by atoms with Crippen molar-refractivity contribution in [2.75, 3.05) is 13.1 Å². The SMILES string of the molecule is C=C/C=C1/CC(N(CC(O)CNC=O)C(=O)OC(C)(C)C)CC1=C. The first-order chi connectivity index (χ1) is 11.2. The van der Waals surface area contributed by atoms with E-state index in [1.807, 2.05) is 6.08 Å². The quantitative estimate of drug-likeness (QED) is 0.698. The molecule has 0 bridgehead atoms.